The number of rotatable bonds is 5. The Balaban J connectivity index is 2.07. The van der Waals surface area contributed by atoms with Gasteiger partial charge in [-0.15, -0.1) is 0 Å². The Morgan fingerprint density at radius 3 is 2.81 bits per heavy atom. The summed E-state index contributed by atoms with van der Waals surface area (Å²) in [7, 11) is 0. The van der Waals surface area contributed by atoms with E-state index < -0.39 is 23.6 Å². The molecule has 1 amide bonds. The number of aliphatic carboxylic acids is 1. The van der Waals surface area contributed by atoms with Crippen molar-refractivity contribution in [3.8, 4) is 0 Å². The van der Waals surface area contributed by atoms with Gasteiger partial charge in [0.05, 0.1) is 5.92 Å². The van der Waals surface area contributed by atoms with E-state index in [-0.39, 0.29) is 5.92 Å². The number of amides is 1. The smallest absolute Gasteiger partial charge is 0.410 e. The molecule has 0 aliphatic carbocycles. The number of benzene rings is 1. The number of ether oxygens (including phenoxy) is 1. The maximum absolute atomic E-state index is 12.2. The summed E-state index contributed by atoms with van der Waals surface area (Å²) in [5.74, 6) is -1.66. The minimum atomic E-state index is -0.893. The molecule has 8 heteroatoms. The third-order valence-corrected chi connectivity index (χ3v) is 4.29. The van der Waals surface area contributed by atoms with Gasteiger partial charge in [0, 0.05) is 23.7 Å². The standard InChI is InChI=1S/C18H24N4O4/c1-18(2,3)26-17(25)22-8-7-13(11-22)15(16(23)24)10-12-5-4-6-14(9-12)20-21-19/h4-6,9,13,15H,7-8,10-11H2,1-3H3,(H,23,24)/t13-,15-/m0/s1. The third-order valence-electron chi connectivity index (χ3n) is 4.29. The molecular weight excluding hydrogens is 336 g/mol. The van der Waals surface area contributed by atoms with Gasteiger partial charge in [-0.2, -0.15) is 0 Å². The molecule has 0 radical (unpaired) electrons. The monoisotopic (exact) mass is 360 g/mol. The van der Waals surface area contributed by atoms with Crippen molar-refractivity contribution in [2.75, 3.05) is 13.1 Å². The van der Waals surface area contributed by atoms with E-state index in [4.69, 9.17) is 10.3 Å². The van der Waals surface area contributed by atoms with Crippen LogP contribution < -0.4 is 0 Å². The van der Waals surface area contributed by atoms with Crippen LogP contribution in [0.5, 0.6) is 0 Å². The van der Waals surface area contributed by atoms with Crippen molar-refractivity contribution < 1.29 is 19.4 Å². The van der Waals surface area contributed by atoms with Crippen molar-refractivity contribution in [3.63, 3.8) is 0 Å². The minimum absolute atomic E-state index is 0.150. The van der Waals surface area contributed by atoms with Crippen molar-refractivity contribution >= 4 is 17.7 Å². The lowest BCUT2D eigenvalue weighted by Crippen LogP contribution is -2.36. The molecule has 1 fully saturated rings. The van der Waals surface area contributed by atoms with E-state index in [9.17, 15) is 14.7 Å². The van der Waals surface area contributed by atoms with E-state index in [2.05, 4.69) is 10.0 Å². The highest BCUT2D eigenvalue weighted by atomic mass is 16.6. The van der Waals surface area contributed by atoms with Gasteiger partial charge in [0.25, 0.3) is 0 Å². The van der Waals surface area contributed by atoms with Crippen molar-refractivity contribution in [2.45, 2.75) is 39.2 Å². The van der Waals surface area contributed by atoms with Gasteiger partial charge >= 0.3 is 12.1 Å². The number of carboxylic acids is 1. The Morgan fingerprint density at radius 1 is 1.46 bits per heavy atom. The second-order valence-corrected chi connectivity index (χ2v) is 7.48. The van der Waals surface area contributed by atoms with Gasteiger partial charge in [-0.25, -0.2) is 4.79 Å². The first kappa shape index (κ1) is 19.6. The number of hydrogen-bond donors (Lipinski definition) is 1. The molecule has 1 N–H and O–H groups in total. The van der Waals surface area contributed by atoms with Crippen LogP contribution in [0.3, 0.4) is 0 Å². The summed E-state index contributed by atoms with van der Waals surface area (Å²) >= 11 is 0. The van der Waals surface area contributed by atoms with Crippen LogP contribution >= 0.6 is 0 Å². The van der Waals surface area contributed by atoms with Gasteiger partial charge < -0.3 is 14.7 Å². The van der Waals surface area contributed by atoms with E-state index in [0.29, 0.717) is 31.6 Å². The van der Waals surface area contributed by atoms with Crippen molar-refractivity contribution in [3.05, 3.63) is 40.3 Å². The maximum Gasteiger partial charge on any atom is 0.410 e. The van der Waals surface area contributed by atoms with Crippen LogP contribution in [0.1, 0.15) is 32.8 Å². The van der Waals surface area contributed by atoms with Crippen LogP contribution in [0.15, 0.2) is 29.4 Å². The first-order chi connectivity index (χ1) is 12.2. The normalized spacial score (nSPS) is 18.1. The molecule has 8 nitrogen and oxygen atoms in total. The zero-order valence-electron chi connectivity index (χ0n) is 15.3. The molecule has 0 aromatic heterocycles. The van der Waals surface area contributed by atoms with Crippen LogP contribution in [-0.2, 0) is 16.0 Å². The predicted octanol–water partition coefficient (Wildman–Crippen LogP) is 4.13. The fraction of sp³-hybridized carbons (Fsp3) is 0.556. The number of carbonyl (C=O) groups excluding carboxylic acids is 1. The second-order valence-electron chi connectivity index (χ2n) is 7.48. The van der Waals surface area contributed by atoms with Gasteiger partial charge in [0.2, 0.25) is 0 Å². The summed E-state index contributed by atoms with van der Waals surface area (Å²) in [6.45, 7) is 6.25. The van der Waals surface area contributed by atoms with E-state index in [1.165, 1.54) is 0 Å². The topological polar surface area (TPSA) is 116 Å². The largest absolute Gasteiger partial charge is 0.481 e. The molecule has 1 heterocycles. The summed E-state index contributed by atoms with van der Waals surface area (Å²) in [5.41, 5.74) is 9.19. The van der Waals surface area contributed by atoms with Crippen molar-refractivity contribution in [1.29, 1.82) is 0 Å². The lowest BCUT2D eigenvalue weighted by molar-refractivity contribution is -0.143. The van der Waals surface area contributed by atoms with Gasteiger partial charge in [0.15, 0.2) is 0 Å². The van der Waals surface area contributed by atoms with Gasteiger partial charge in [0.1, 0.15) is 5.60 Å². The van der Waals surface area contributed by atoms with Gasteiger partial charge in [-0.3, -0.25) is 4.79 Å². The zero-order valence-corrected chi connectivity index (χ0v) is 15.3. The molecule has 1 aliphatic heterocycles. The Morgan fingerprint density at radius 2 is 2.19 bits per heavy atom. The molecule has 2 atom stereocenters. The average Bonchev–Trinajstić information content (AvgIpc) is 3.01. The molecule has 140 valence electrons. The minimum Gasteiger partial charge on any atom is -0.481 e. The SMILES string of the molecule is CC(C)(C)OC(=O)N1CC[C@H]([C@H](Cc2cccc(N=[N+]=[N-])c2)C(=O)O)C1. The Hall–Kier alpha value is -2.73. The van der Waals surface area contributed by atoms with Crippen LogP contribution in [0, 0.1) is 11.8 Å². The predicted molar refractivity (Wildman–Crippen MR) is 96.0 cm³/mol. The van der Waals surface area contributed by atoms with Gasteiger partial charge in [-0.05, 0) is 56.7 Å². The van der Waals surface area contributed by atoms with E-state index in [1.54, 1.807) is 43.9 Å². The number of carboxylic acid groups (broad SMARTS) is 1. The fourth-order valence-corrected chi connectivity index (χ4v) is 3.11. The first-order valence-corrected chi connectivity index (χ1v) is 8.54. The molecular formula is C18H24N4O4. The number of hydrogen-bond acceptors (Lipinski definition) is 4. The summed E-state index contributed by atoms with van der Waals surface area (Å²) in [6.07, 6.45) is 0.526. The number of likely N-dealkylation sites (tertiary alicyclic amines) is 1. The van der Waals surface area contributed by atoms with E-state index in [1.807, 2.05) is 6.07 Å². The van der Waals surface area contributed by atoms with Crippen molar-refractivity contribution in [2.24, 2.45) is 17.0 Å². The first-order valence-electron chi connectivity index (χ1n) is 8.54. The average molecular weight is 360 g/mol. The molecule has 1 aromatic carbocycles. The maximum atomic E-state index is 12.2. The number of nitrogens with zero attached hydrogens (tertiary/aromatic N) is 4. The van der Waals surface area contributed by atoms with Gasteiger partial charge in [-0.1, -0.05) is 23.3 Å². The quantitative estimate of drug-likeness (QED) is 0.483. The molecule has 26 heavy (non-hydrogen) atoms. The van der Waals surface area contributed by atoms with Crippen LogP contribution in [0.2, 0.25) is 0 Å². The Labute approximate surface area is 152 Å². The van der Waals surface area contributed by atoms with E-state index in [0.717, 1.165) is 5.56 Å². The third kappa shape index (κ3) is 5.39. The lowest BCUT2D eigenvalue weighted by Gasteiger charge is -2.25. The number of carbonyl (C=O) groups is 2. The van der Waals surface area contributed by atoms with Crippen LogP contribution in [0.4, 0.5) is 10.5 Å². The highest BCUT2D eigenvalue weighted by Crippen LogP contribution is 2.29. The van der Waals surface area contributed by atoms with Crippen molar-refractivity contribution in [1.82, 2.24) is 4.90 Å². The highest BCUT2D eigenvalue weighted by molar-refractivity contribution is 5.72. The molecule has 2 rings (SSSR count). The summed E-state index contributed by atoms with van der Waals surface area (Å²) in [4.78, 5) is 28.3. The molecule has 1 aromatic rings. The summed E-state index contributed by atoms with van der Waals surface area (Å²) in [5, 5.41) is 13.2. The summed E-state index contributed by atoms with van der Waals surface area (Å²) < 4.78 is 5.36. The molecule has 0 unspecified atom stereocenters. The molecule has 0 saturated carbocycles. The van der Waals surface area contributed by atoms with Crippen LogP contribution in [0.25, 0.3) is 10.4 Å². The van der Waals surface area contributed by atoms with E-state index >= 15 is 0 Å². The molecule has 1 saturated heterocycles. The number of azide groups is 1. The Bertz CT molecular complexity index is 722. The zero-order chi connectivity index (χ0) is 19.3. The fourth-order valence-electron chi connectivity index (χ4n) is 3.11. The molecule has 1 aliphatic rings. The Kier molecular flexibility index (Phi) is 6.10. The summed E-state index contributed by atoms with van der Waals surface area (Å²) in [6, 6.07) is 6.90. The van der Waals surface area contributed by atoms with Crippen LogP contribution in [-0.4, -0.2) is 40.8 Å². The molecule has 0 bridgehead atoms. The molecule has 0 spiro atoms. The second kappa shape index (κ2) is 8.10. The highest BCUT2D eigenvalue weighted by Gasteiger charge is 2.37. The lowest BCUT2D eigenvalue weighted by atomic mass is 9.86.